The Morgan fingerprint density at radius 1 is 1.24 bits per heavy atom. The average Bonchev–Trinajstić information content (AvgIpc) is 2.35. The molecule has 1 aliphatic heterocycles. The summed E-state index contributed by atoms with van der Waals surface area (Å²) < 4.78 is 5.55. The first-order valence-corrected chi connectivity index (χ1v) is 6.61. The zero-order valence-electron chi connectivity index (χ0n) is 12.0. The molecule has 0 atom stereocenters. The first kappa shape index (κ1) is 14.5. The van der Waals surface area contributed by atoms with Gasteiger partial charge in [-0.3, -0.25) is 4.79 Å². The number of amides is 1. The Hall–Kier alpha value is -0.570. The van der Waals surface area contributed by atoms with Crippen molar-refractivity contribution in [2.24, 2.45) is 5.41 Å². The number of rotatable bonds is 2. The van der Waals surface area contributed by atoms with Gasteiger partial charge in [-0.25, -0.2) is 0 Å². The van der Waals surface area contributed by atoms with Crippen molar-refractivity contribution >= 4 is 5.91 Å². The minimum Gasteiger partial charge on any atom is -0.366 e. The summed E-state index contributed by atoms with van der Waals surface area (Å²) in [5.41, 5.74) is 0.140. The van der Waals surface area contributed by atoms with Crippen LogP contribution in [-0.4, -0.2) is 36.1 Å². The molecule has 1 saturated heterocycles. The third-order valence-electron chi connectivity index (χ3n) is 3.32. The minimum absolute atomic E-state index is 0.137. The number of ether oxygens (including phenoxy) is 1. The van der Waals surface area contributed by atoms with E-state index in [1.807, 2.05) is 25.7 Å². The van der Waals surface area contributed by atoms with E-state index in [1.54, 1.807) is 0 Å². The van der Waals surface area contributed by atoms with Crippen LogP contribution >= 0.6 is 0 Å². The lowest BCUT2D eigenvalue weighted by atomic mass is 9.85. The van der Waals surface area contributed by atoms with Crippen molar-refractivity contribution in [1.82, 2.24) is 4.90 Å². The first-order valence-electron chi connectivity index (χ1n) is 6.61. The second-order valence-electron chi connectivity index (χ2n) is 6.80. The largest absolute Gasteiger partial charge is 0.366 e. The van der Waals surface area contributed by atoms with Crippen molar-refractivity contribution in [3.63, 3.8) is 0 Å². The van der Waals surface area contributed by atoms with Crippen LogP contribution in [-0.2, 0) is 9.53 Å². The highest BCUT2D eigenvalue weighted by atomic mass is 16.5. The SMILES string of the molecule is CC1(C)CCCN(C(=O)COC(C)(C)C)CC1. The average molecular weight is 241 g/mol. The fraction of sp³-hybridized carbons (Fsp3) is 0.929. The first-order chi connectivity index (χ1) is 7.70. The van der Waals surface area contributed by atoms with Crippen molar-refractivity contribution in [3.8, 4) is 0 Å². The van der Waals surface area contributed by atoms with Crippen LogP contribution in [0, 0.1) is 5.41 Å². The summed E-state index contributed by atoms with van der Waals surface area (Å²) in [7, 11) is 0. The molecule has 0 bridgehead atoms. The van der Waals surface area contributed by atoms with Crippen molar-refractivity contribution in [2.45, 2.75) is 59.5 Å². The minimum atomic E-state index is -0.235. The predicted molar refractivity (Wildman–Crippen MR) is 69.9 cm³/mol. The number of nitrogens with zero attached hydrogens (tertiary/aromatic N) is 1. The van der Waals surface area contributed by atoms with Crippen LogP contribution in [0.3, 0.4) is 0 Å². The van der Waals surface area contributed by atoms with Crippen LogP contribution in [0.5, 0.6) is 0 Å². The van der Waals surface area contributed by atoms with Crippen molar-refractivity contribution in [1.29, 1.82) is 0 Å². The second-order valence-corrected chi connectivity index (χ2v) is 6.80. The van der Waals surface area contributed by atoms with Crippen molar-refractivity contribution < 1.29 is 9.53 Å². The van der Waals surface area contributed by atoms with Crippen molar-refractivity contribution in [2.75, 3.05) is 19.7 Å². The topological polar surface area (TPSA) is 29.5 Å². The Labute approximate surface area is 106 Å². The molecule has 1 amide bonds. The van der Waals surface area contributed by atoms with Gasteiger partial charge < -0.3 is 9.64 Å². The highest BCUT2D eigenvalue weighted by molar-refractivity contribution is 5.77. The van der Waals surface area contributed by atoms with Gasteiger partial charge >= 0.3 is 0 Å². The number of carbonyl (C=O) groups excluding carboxylic acids is 1. The van der Waals surface area contributed by atoms with Gasteiger partial charge in [-0.1, -0.05) is 13.8 Å². The van der Waals surface area contributed by atoms with E-state index >= 15 is 0 Å². The number of hydrogen-bond donors (Lipinski definition) is 0. The van der Waals surface area contributed by atoms with E-state index in [2.05, 4.69) is 13.8 Å². The quantitative estimate of drug-likeness (QED) is 0.744. The predicted octanol–water partition coefficient (Wildman–Crippen LogP) is 2.84. The van der Waals surface area contributed by atoms with Gasteiger partial charge in [-0.15, -0.1) is 0 Å². The third kappa shape index (κ3) is 5.53. The molecule has 0 aromatic rings. The molecule has 17 heavy (non-hydrogen) atoms. The zero-order valence-corrected chi connectivity index (χ0v) is 12.0. The zero-order chi connectivity index (χ0) is 13.1. The molecule has 1 heterocycles. The van der Waals surface area contributed by atoms with Gasteiger partial charge in [0.2, 0.25) is 5.91 Å². The standard InChI is InChI=1S/C14H27NO2/c1-13(2,3)17-11-12(16)15-9-6-7-14(4,5)8-10-15/h6-11H2,1-5H3. The Bertz CT molecular complexity index is 266. The molecule has 1 aliphatic rings. The molecule has 1 fully saturated rings. The molecule has 0 aromatic heterocycles. The molecule has 0 saturated carbocycles. The Morgan fingerprint density at radius 2 is 1.88 bits per heavy atom. The van der Waals surface area contributed by atoms with Crippen LogP contribution in [0.25, 0.3) is 0 Å². The number of carbonyl (C=O) groups is 1. The molecule has 0 unspecified atom stereocenters. The van der Waals surface area contributed by atoms with Gasteiger partial charge in [0.25, 0.3) is 0 Å². The Balaban J connectivity index is 2.42. The molecule has 0 spiro atoms. The molecular formula is C14H27NO2. The van der Waals surface area contributed by atoms with Crippen molar-refractivity contribution in [3.05, 3.63) is 0 Å². The van der Waals surface area contributed by atoms with E-state index in [9.17, 15) is 4.79 Å². The number of hydrogen-bond acceptors (Lipinski definition) is 2. The second kappa shape index (κ2) is 5.38. The fourth-order valence-electron chi connectivity index (χ4n) is 2.04. The maximum absolute atomic E-state index is 12.0. The molecule has 3 nitrogen and oxygen atoms in total. The van der Waals surface area contributed by atoms with E-state index in [1.165, 1.54) is 6.42 Å². The lowest BCUT2D eigenvalue weighted by Gasteiger charge is -2.25. The van der Waals surface area contributed by atoms with Gasteiger partial charge in [0.1, 0.15) is 6.61 Å². The molecule has 1 rings (SSSR count). The van der Waals surface area contributed by atoms with E-state index in [-0.39, 0.29) is 18.1 Å². The summed E-state index contributed by atoms with van der Waals surface area (Å²) in [5.74, 6) is 0.137. The van der Waals surface area contributed by atoms with E-state index in [0.717, 1.165) is 25.9 Å². The van der Waals surface area contributed by atoms with Gasteiger partial charge in [0.15, 0.2) is 0 Å². The van der Waals surface area contributed by atoms with Crippen LogP contribution in [0.4, 0.5) is 0 Å². The summed E-state index contributed by atoms with van der Waals surface area (Å²) >= 11 is 0. The lowest BCUT2D eigenvalue weighted by Crippen LogP contribution is -2.37. The summed E-state index contributed by atoms with van der Waals surface area (Å²) in [5, 5.41) is 0. The Kier molecular flexibility index (Phi) is 4.59. The maximum atomic E-state index is 12.0. The van der Waals surface area contributed by atoms with Gasteiger partial charge in [0, 0.05) is 13.1 Å². The van der Waals surface area contributed by atoms with Crippen LogP contribution in [0.1, 0.15) is 53.9 Å². The smallest absolute Gasteiger partial charge is 0.248 e. The van der Waals surface area contributed by atoms with Gasteiger partial charge in [-0.2, -0.15) is 0 Å². The summed E-state index contributed by atoms with van der Waals surface area (Å²) in [4.78, 5) is 14.0. The van der Waals surface area contributed by atoms with Crippen LogP contribution < -0.4 is 0 Å². The van der Waals surface area contributed by atoms with Gasteiger partial charge in [-0.05, 0) is 45.4 Å². The molecule has 0 radical (unpaired) electrons. The Morgan fingerprint density at radius 3 is 2.47 bits per heavy atom. The highest BCUT2D eigenvalue weighted by Crippen LogP contribution is 2.29. The van der Waals surface area contributed by atoms with Crippen LogP contribution in [0.15, 0.2) is 0 Å². The van der Waals surface area contributed by atoms with Crippen LogP contribution in [0.2, 0.25) is 0 Å². The fourth-order valence-corrected chi connectivity index (χ4v) is 2.04. The molecule has 3 heteroatoms. The number of likely N-dealkylation sites (tertiary alicyclic amines) is 1. The van der Waals surface area contributed by atoms with E-state index in [0.29, 0.717) is 5.41 Å². The highest BCUT2D eigenvalue weighted by Gasteiger charge is 2.25. The third-order valence-corrected chi connectivity index (χ3v) is 3.32. The summed E-state index contributed by atoms with van der Waals surface area (Å²) in [6.45, 7) is 12.5. The maximum Gasteiger partial charge on any atom is 0.248 e. The molecule has 0 aromatic carbocycles. The monoisotopic (exact) mass is 241 g/mol. The molecular weight excluding hydrogens is 214 g/mol. The lowest BCUT2D eigenvalue weighted by molar-refractivity contribution is -0.141. The van der Waals surface area contributed by atoms with Gasteiger partial charge in [0.05, 0.1) is 5.60 Å². The normalized spacial score (nSPS) is 21.1. The molecule has 100 valence electrons. The summed E-state index contributed by atoms with van der Waals surface area (Å²) in [6.07, 6.45) is 3.40. The van der Waals surface area contributed by atoms with E-state index < -0.39 is 0 Å². The summed E-state index contributed by atoms with van der Waals surface area (Å²) in [6, 6.07) is 0. The molecule has 0 aliphatic carbocycles. The van der Waals surface area contributed by atoms with E-state index in [4.69, 9.17) is 4.74 Å². The molecule has 0 N–H and O–H groups in total.